The van der Waals surface area contributed by atoms with Gasteiger partial charge in [-0.1, -0.05) is 33.6 Å². The maximum absolute atomic E-state index is 3.36. The van der Waals surface area contributed by atoms with Gasteiger partial charge in [0.2, 0.25) is 0 Å². The molecule has 0 radical (unpaired) electrons. The highest BCUT2D eigenvalue weighted by molar-refractivity contribution is 4.93. The predicted molar refractivity (Wildman–Crippen MR) is 54.2 cm³/mol. The van der Waals surface area contributed by atoms with E-state index in [0.717, 1.165) is 11.8 Å². The van der Waals surface area contributed by atoms with E-state index in [9.17, 15) is 0 Å². The van der Waals surface area contributed by atoms with E-state index in [1.54, 1.807) is 0 Å². The van der Waals surface area contributed by atoms with Crippen molar-refractivity contribution in [1.29, 1.82) is 0 Å². The van der Waals surface area contributed by atoms with Crippen LogP contribution in [0.3, 0.4) is 0 Å². The monoisotopic (exact) mass is 169 g/mol. The van der Waals surface area contributed by atoms with Gasteiger partial charge in [-0.3, -0.25) is 0 Å². The molecule has 0 bridgehead atoms. The van der Waals surface area contributed by atoms with Gasteiger partial charge in [0.15, 0.2) is 0 Å². The lowest BCUT2D eigenvalue weighted by molar-refractivity contribution is 0.133. The van der Waals surface area contributed by atoms with Crippen LogP contribution < -0.4 is 5.32 Å². The topological polar surface area (TPSA) is 12.0 Å². The highest BCUT2D eigenvalue weighted by atomic mass is 14.8. The van der Waals surface area contributed by atoms with E-state index < -0.39 is 0 Å². The molecule has 1 N–H and O–H groups in total. The van der Waals surface area contributed by atoms with Crippen molar-refractivity contribution in [1.82, 2.24) is 5.32 Å². The summed E-state index contributed by atoms with van der Waals surface area (Å²) in [5.41, 5.74) is 0.592. The van der Waals surface area contributed by atoms with E-state index in [1.807, 2.05) is 0 Å². The molecule has 72 valence electrons. The Kier molecular flexibility index (Phi) is 3.16. The number of hydrogen-bond donors (Lipinski definition) is 1. The quantitative estimate of drug-likeness (QED) is 0.685. The van der Waals surface area contributed by atoms with Gasteiger partial charge in [0.1, 0.15) is 0 Å². The van der Waals surface area contributed by atoms with Gasteiger partial charge in [-0.15, -0.1) is 0 Å². The lowest BCUT2D eigenvalue weighted by atomic mass is 9.70. The Morgan fingerprint density at radius 1 is 1.50 bits per heavy atom. The van der Waals surface area contributed by atoms with Crippen LogP contribution in [-0.4, -0.2) is 13.6 Å². The Bertz CT molecular complexity index is 142. The molecule has 2 atom stereocenters. The molecule has 0 aromatic rings. The van der Waals surface area contributed by atoms with Gasteiger partial charge in [0, 0.05) is 6.54 Å². The Balaban J connectivity index is 2.70. The molecule has 1 heteroatoms. The molecule has 0 amide bonds. The van der Waals surface area contributed by atoms with Gasteiger partial charge in [-0.05, 0) is 30.7 Å². The Hall–Kier alpha value is -0.0400. The summed E-state index contributed by atoms with van der Waals surface area (Å²) in [6, 6.07) is 0. The third-order valence-electron chi connectivity index (χ3n) is 3.92. The molecular formula is C11H23N. The Morgan fingerprint density at radius 3 is 2.50 bits per heavy atom. The molecule has 0 aromatic carbocycles. The van der Waals surface area contributed by atoms with Gasteiger partial charge >= 0.3 is 0 Å². The van der Waals surface area contributed by atoms with Crippen molar-refractivity contribution >= 4 is 0 Å². The molecule has 0 aromatic heterocycles. The predicted octanol–water partition coefficient (Wildman–Crippen LogP) is 2.67. The molecule has 12 heavy (non-hydrogen) atoms. The van der Waals surface area contributed by atoms with Crippen LogP contribution in [-0.2, 0) is 0 Å². The van der Waals surface area contributed by atoms with Crippen molar-refractivity contribution in [2.45, 2.75) is 40.0 Å². The van der Waals surface area contributed by atoms with Crippen LogP contribution in [0.25, 0.3) is 0 Å². The molecule has 2 unspecified atom stereocenters. The highest BCUT2D eigenvalue weighted by Gasteiger charge is 2.41. The summed E-state index contributed by atoms with van der Waals surface area (Å²) in [7, 11) is 2.08. The molecule has 1 fully saturated rings. The molecule has 0 heterocycles. The minimum Gasteiger partial charge on any atom is -0.319 e. The van der Waals surface area contributed by atoms with Crippen LogP contribution in [0, 0.1) is 17.3 Å². The van der Waals surface area contributed by atoms with Crippen LogP contribution in [0.1, 0.15) is 40.0 Å². The van der Waals surface area contributed by atoms with Gasteiger partial charge in [0.25, 0.3) is 0 Å². The minimum atomic E-state index is 0.592. The summed E-state index contributed by atoms with van der Waals surface area (Å²) in [4.78, 5) is 0. The molecule has 1 rings (SSSR count). The highest BCUT2D eigenvalue weighted by Crippen LogP contribution is 2.47. The molecule has 1 aliphatic rings. The third-order valence-corrected chi connectivity index (χ3v) is 3.92. The second-order valence-electron chi connectivity index (χ2n) is 4.71. The summed E-state index contributed by atoms with van der Waals surface area (Å²) in [5, 5.41) is 3.36. The van der Waals surface area contributed by atoms with Gasteiger partial charge < -0.3 is 5.32 Å². The lowest BCUT2D eigenvalue weighted by Gasteiger charge is -2.38. The summed E-state index contributed by atoms with van der Waals surface area (Å²) >= 11 is 0. The van der Waals surface area contributed by atoms with Crippen LogP contribution >= 0.6 is 0 Å². The molecule has 0 saturated heterocycles. The fraction of sp³-hybridized carbons (Fsp3) is 1.00. The minimum absolute atomic E-state index is 0.592. The average molecular weight is 169 g/mol. The van der Waals surface area contributed by atoms with Crippen LogP contribution in [0.5, 0.6) is 0 Å². The van der Waals surface area contributed by atoms with Crippen LogP contribution in [0.15, 0.2) is 0 Å². The molecule has 1 aliphatic carbocycles. The zero-order valence-corrected chi connectivity index (χ0v) is 8.98. The summed E-state index contributed by atoms with van der Waals surface area (Å²) in [5.74, 6) is 1.73. The van der Waals surface area contributed by atoms with Gasteiger partial charge in [-0.25, -0.2) is 0 Å². The van der Waals surface area contributed by atoms with E-state index in [0.29, 0.717) is 5.41 Å². The second-order valence-corrected chi connectivity index (χ2v) is 4.71. The Labute approximate surface area is 76.9 Å². The first kappa shape index (κ1) is 10.0. The van der Waals surface area contributed by atoms with Crippen molar-refractivity contribution < 1.29 is 0 Å². The van der Waals surface area contributed by atoms with E-state index in [4.69, 9.17) is 0 Å². The van der Waals surface area contributed by atoms with Crippen molar-refractivity contribution in [3.63, 3.8) is 0 Å². The standard InChI is InChI=1S/C11H23N/c1-9(2)11(8-12-4)7-5-6-10(11)3/h9-10,12H,5-8H2,1-4H3. The lowest BCUT2D eigenvalue weighted by Crippen LogP contribution is -2.39. The fourth-order valence-corrected chi connectivity index (χ4v) is 2.92. The van der Waals surface area contributed by atoms with Gasteiger partial charge in [-0.2, -0.15) is 0 Å². The summed E-state index contributed by atoms with van der Waals surface area (Å²) in [6.07, 6.45) is 4.29. The smallest absolute Gasteiger partial charge is 0.000981 e. The maximum Gasteiger partial charge on any atom is 0.000981 e. The first-order valence-electron chi connectivity index (χ1n) is 5.28. The third kappa shape index (κ3) is 1.52. The Morgan fingerprint density at radius 2 is 2.17 bits per heavy atom. The zero-order valence-electron chi connectivity index (χ0n) is 8.98. The summed E-state index contributed by atoms with van der Waals surface area (Å²) in [6.45, 7) is 8.37. The SMILES string of the molecule is CNCC1(C(C)C)CCCC1C. The molecule has 0 spiro atoms. The van der Waals surface area contributed by atoms with Crippen LogP contribution in [0.2, 0.25) is 0 Å². The molecule has 1 saturated carbocycles. The van der Waals surface area contributed by atoms with E-state index in [1.165, 1.54) is 25.8 Å². The number of rotatable bonds is 3. The number of nitrogens with one attached hydrogen (secondary N) is 1. The first-order valence-corrected chi connectivity index (χ1v) is 5.28. The number of hydrogen-bond acceptors (Lipinski definition) is 1. The zero-order chi connectivity index (χ0) is 9.19. The largest absolute Gasteiger partial charge is 0.319 e. The van der Waals surface area contributed by atoms with E-state index in [-0.39, 0.29) is 0 Å². The van der Waals surface area contributed by atoms with Crippen molar-refractivity contribution in [3.8, 4) is 0 Å². The van der Waals surface area contributed by atoms with Crippen LogP contribution in [0.4, 0.5) is 0 Å². The van der Waals surface area contributed by atoms with E-state index >= 15 is 0 Å². The second kappa shape index (κ2) is 3.78. The van der Waals surface area contributed by atoms with Crippen molar-refractivity contribution in [3.05, 3.63) is 0 Å². The average Bonchev–Trinajstić information content (AvgIpc) is 2.34. The van der Waals surface area contributed by atoms with Crippen molar-refractivity contribution in [2.24, 2.45) is 17.3 Å². The maximum atomic E-state index is 3.36. The van der Waals surface area contributed by atoms with Crippen molar-refractivity contribution in [2.75, 3.05) is 13.6 Å². The van der Waals surface area contributed by atoms with E-state index in [2.05, 4.69) is 33.1 Å². The molecular weight excluding hydrogens is 146 g/mol. The van der Waals surface area contributed by atoms with Gasteiger partial charge in [0.05, 0.1) is 0 Å². The molecule has 0 aliphatic heterocycles. The normalized spacial score (nSPS) is 36.2. The first-order chi connectivity index (χ1) is 5.63. The molecule has 1 nitrogen and oxygen atoms in total. The summed E-state index contributed by atoms with van der Waals surface area (Å²) < 4.78 is 0. The fourth-order valence-electron chi connectivity index (χ4n) is 2.92.